The van der Waals surface area contributed by atoms with Gasteiger partial charge in [-0.1, -0.05) is 18.7 Å². The summed E-state index contributed by atoms with van der Waals surface area (Å²) in [6, 6.07) is 0. The van der Waals surface area contributed by atoms with Crippen LogP contribution in [0.2, 0.25) is 0 Å². The fourth-order valence-corrected chi connectivity index (χ4v) is 2.01. The molecule has 1 amide bonds. The highest BCUT2D eigenvalue weighted by atomic mass is 32.2. The Morgan fingerprint density at radius 2 is 2.50 bits per heavy atom. The molecule has 4 nitrogen and oxygen atoms in total. The number of amides is 1. The predicted octanol–water partition coefficient (Wildman–Crippen LogP) is 0.678. The van der Waals surface area contributed by atoms with Crippen molar-refractivity contribution in [1.82, 2.24) is 9.36 Å². The number of rotatable bonds is 4. The maximum atomic E-state index is 10.4. The van der Waals surface area contributed by atoms with Gasteiger partial charge in [0.25, 0.3) is 0 Å². The van der Waals surface area contributed by atoms with Gasteiger partial charge >= 0.3 is 0 Å². The molecule has 1 rings (SSSR count). The Balaban J connectivity index is 2.47. The van der Waals surface area contributed by atoms with E-state index in [0.717, 1.165) is 16.6 Å². The number of aryl methyl sites for hydroxylation is 1. The molecule has 0 saturated carbocycles. The number of nitrogens with zero attached hydrogens (tertiary/aromatic N) is 2. The molecule has 0 bridgehead atoms. The van der Waals surface area contributed by atoms with Crippen LogP contribution in [0.25, 0.3) is 0 Å². The number of hydrogen-bond acceptors (Lipinski definition) is 5. The summed E-state index contributed by atoms with van der Waals surface area (Å²) < 4.78 is 4.88. The molecule has 0 spiro atoms. The zero-order valence-electron chi connectivity index (χ0n) is 6.61. The summed E-state index contributed by atoms with van der Waals surface area (Å²) in [5.74, 6) is 0.776. The number of aromatic nitrogens is 2. The minimum atomic E-state index is -0.326. The first-order chi connectivity index (χ1) is 5.72. The van der Waals surface area contributed by atoms with Crippen LogP contribution in [0.5, 0.6) is 0 Å². The molecule has 0 radical (unpaired) electrons. The average molecular weight is 203 g/mol. The fraction of sp³-hybridized carbons (Fsp3) is 0.500. The minimum absolute atomic E-state index is 0.276. The molecule has 12 heavy (non-hydrogen) atoms. The van der Waals surface area contributed by atoms with Crippen molar-refractivity contribution in [3.8, 4) is 0 Å². The first kappa shape index (κ1) is 9.47. The Morgan fingerprint density at radius 3 is 3.00 bits per heavy atom. The molecular weight excluding hydrogens is 194 g/mol. The Morgan fingerprint density at radius 1 is 1.75 bits per heavy atom. The third-order valence-electron chi connectivity index (χ3n) is 1.10. The fourth-order valence-electron chi connectivity index (χ4n) is 0.573. The molecule has 0 unspecified atom stereocenters. The molecule has 1 aromatic rings. The second-order valence-electron chi connectivity index (χ2n) is 2.09. The van der Waals surface area contributed by atoms with Gasteiger partial charge in [-0.05, 0) is 11.5 Å². The van der Waals surface area contributed by atoms with Crippen LogP contribution in [-0.2, 0) is 11.2 Å². The van der Waals surface area contributed by atoms with Crippen molar-refractivity contribution >= 4 is 29.2 Å². The second-order valence-corrected chi connectivity index (χ2v) is 4.06. The van der Waals surface area contributed by atoms with Crippen molar-refractivity contribution in [2.24, 2.45) is 5.73 Å². The van der Waals surface area contributed by atoms with Crippen LogP contribution in [0.4, 0.5) is 0 Å². The number of hydrogen-bond donors (Lipinski definition) is 1. The quantitative estimate of drug-likeness (QED) is 0.730. The Hall–Kier alpha value is -0.620. The summed E-state index contributed by atoms with van der Waals surface area (Å²) in [5.41, 5.74) is 4.98. The third-order valence-corrected chi connectivity index (χ3v) is 3.00. The minimum Gasteiger partial charge on any atom is -0.369 e. The molecule has 66 valence electrons. The van der Waals surface area contributed by atoms with Crippen molar-refractivity contribution in [1.29, 1.82) is 0 Å². The van der Waals surface area contributed by atoms with E-state index in [1.54, 1.807) is 0 Å². The summed E-state index contributed by atoms with van der Waals surface area (Å²) in [6.07, 6.45) is 0.827. The van der Waals surface area contributed by atoms with E-state index < -0.39 is 0 Å². The molecule has 0 saturated heterocycles. The zero-order valence-corrected chi connectivity index (χ0v) is 8.24. The van der Waals surface area contributed by atoms with Crippen molar-refractivity contribution in [3.05, 3.63) is 5.82 Å². The lowest BCUT2D eigenvalue weighted by molar-refractivity contribution is -0.115. The van der Waals surface area contributed by atoms with Crippen LogP contribution >= 0.6 is 23.3 Å². The molecule has 0 aliphatic rings. The van der Waals surface area contributed by atoms with E-state index in [1.807, 2.05) is 6.92 Å². The van der Waals surface area contributed by atoms with Gasteiger partial charge in [0, 0.05) is 6.42 Å². The first-order valence-electron chi connectivity index (χ1n) is 3.46. The highest BCUT2D eigenvalue weighted by molar-refractivity contribution is 8.01. The lowest BCUT2D eigenvalue weighted by Crippen LogP contribution is -2.12. The highest BCUT2D eigenvalue weighted by Crippen LogP contribution is 2.19. The van der Waals surface area contributed by atoms with Gasteiger partial charge in [0.2, 0.25) is 5.91 Å². The van der Waals surface area contributed by atoms with E-state index in [2.05, 4.69) is 9.36 Å². The Kier molecular flexibility index (Phi) is 3.48. The smallest absolute Gasteiger partial charge is 0.227 e. The summed E-state index contributed by atoms with van der Waals surface area (Å²) in [7, 11) is 0. The van der Waals surface area contributed by atoms with E-state index in [9.17, 15) is 4.79 Å². The van der Waals surface area contributed by atoms with E-state index in [4.69, 9.17) is 5.73 Å². The molecule has 2 N–H and O–H groups in total. The molecule has 1 heterocycles. The first-order valence-corrected chi connectivity index (χ1v) is 5.22. The molecule has 0 aliphatic heterocycles. The number of carbonyl (C=O) groups excluding carboxylic acids is 1. The zero-order chi connectivity index (χ0) is 8.97. The standard InChI is InChI=1S/C6H9N3OS2/c1-2-5-8-6(12-9-5)11-3-4(7)10/h2-3H2,1H3,(H2,7,10). The van der Waals surface area contributed by atoms with Gasteiger partial charge in [-0.3, -0.25) is 4.79 Å². The maximum absolute atomic E-state index is 10.4. The number of nitrogens with two attached hydrogens (primary N) is 1. The Bertz CT molecular complexity index is 274. The summed E-state index contributed by atoms with van der Waals surface area (Å²) in [6.45, 7) is 1.99. The molecule has 0 aromatic carbocycles. The predicted molar refractivity (Wildman–Crippen MR) is 49.2 cm³/mol. The lowest BCUT2D eigenvalue weighted by Gasteiger charge is -1.89. The topological polar surface area (TPSA) is 68.9 Å². The monoisotopic (exact) mass is 203 g/mol. The van der Waals surface area contributed by atoms with E-state index in [0.29, 0.717) is 0 Å². The molecule has 0 aliphatic carbocycles. The molecule has 6 heteroatoms. The maximum Gasteiger partial charge on any atom is 0.227 e. The van der Waals surface area contributed by atoms with Crippen LogP contribution < -0.4 is 5.73 Å². The van der Waals surface area contributed by atoms with Gasteiger partial charge in [0.1, 0.15) is 5.82 Å². The van der Waals surface area contributed by atoms with Crippen LogP contribution in [0.3, 0.4) is 0 Å². The number of thioether (sulfide) groups is 1. The van der Waals surface area contributed by atoms with Crippen molar-refractivity contribution in [2.75, 3.05) is 5.75 Å². The summed E-state index contributed by atoms with van der Waals surface area (Å²) in [5, 5.41) is 0. The number of primary amides is 1. The summed E-state index contributed by atoms with van der Waals surface area (Å²) >= 11 is 2.65. The Labute approximate surface area is 78.7 Å². The van der Waals surface area contributed by atoms with Crippen LogP contribution in [-0.4, -0.2) is 21.0 Å². The largest absolute Gasteiger partial charge is 0.369 e. The summed E-state index contributed by atoms with van der Waals surface area (Å²) in [4.78, 5) is 14.6. The van der Waals surface area contributed by atoms with Gasteiger partial charge in [-0.15, -0.1) is 0 Å². The average Bonchev–Trinajstić information content (AvgIpc) is 2.48. The third kappa shape index (κ3) is 2.78. The van der Waals surface area contributed by atoms with Crippen molar-refractivity contribution < 1.29 is 4.79 Å². The van der Waals surface area contributed by atoms with E-state index >= 15 is 0 Å². The van der Waals surface area contributed by atoms with Gasteiger partial charge < -0.3 is 5.73 Å². The van der Waals surface area contributed by atoms with Gasteiger partial charge in [-0.25, -0.2) is 4.98 Å². The highest BCUT2D eigenvalue weighted by Gasteiger charge is 2.03. The van der Waals surface area contributed by atoms with Crippen molar-refractivity contribution in [2.45, 2.75) is 17.7 Å². The van der Waals surface area contributed by atoms with Crippen LogP contribution in [0, 0.1) is 0 Å². The number of carbonyl (C=O) groups is 1. The molecular formula is C6H9N3OS2. The van der Waals surface area contributed by atoms with Crippen LogP contribution in [0.1, 0.15) is 12.7 Å². The lowest BCUT2D eigenvalue weighted by atomic mass is 10.5. The van der Waals surface area contributed by atoms with Gasteiger partial charge in [-0.2, -0.15) is 4.37 Å². The van der Waals surface area contributed by atoms with E-state index in [-0.39, 0.29) is 11.7 Å². The SMILES string of the molecule is CCc1nsc(SCC(N)=O)n1. The van der Waals surface area contributed by atoms with Crippen molar-refractivity contribution in [3.63, 3.8) is 0 Å². The van der Waals surface area contributed by atoms with Gasteiger partial charge in [0.15, 0.2) is 4.34 Å². The molecule has 0 atom stereocenters. The second kappa shape index (κ2) is 4.42. The van der Waals surface area contributed by atoms with E-state index in [1.165, 1.54) is 23.3 Å². The van der Waals surface area contributed by atoms with Gasteiger partial charge in [0.05, 0.1) is 5.75 Å². The molecule has 1 aromatic heterocycles. The van der Waals surface area contributed by atoms with Crippen LogP contribution in [0.15, 0.2) is 4.34 Å². The normalized spacial score (nSPS) is 10.1. The molecule has 0 fully saturated rings.